The fourth-order valence-corrected chi connectivity index (χ4v) is 1.80. The molecule has 0 fully saturated rings. The predicted molar refractivity (Wildman–Crippen MR) is 72.9 cm³/mol. The van der Waals surface area contributed by atoms with Gasteiger partial charge in [-0.25, -0.2) is 14.8 Å². The summed E-state index contributed by atoms with van der Waals surface area (Å²) in [6.45, 7) is 3.82. The zero-order valence-electron chi connectivity index (χ0n) is 11.0. The number of nitrogens with zero attached hydrogens (tertiary/aromatic N) is 2. The zero-order chi connectivity index (χ0) is 14.7. The van der Waals surface area contributed by atoms with E-state index in [2.05, 4.69) is 15.3 Å². The summed E-state index contributed by atoms with van der Waals surface area (Å²) in [6.07, 6.45) is 2.31. The van der Waals surface area contributed by atoms with Crippen LogP contribution in [0.15, 0.2) is 30.6 Å². The first-order chi connectivity index (χ1) is 9.45. The fraction of sp³-hybridized carbons (Fsp3) is 0.143. The van der Waals surface area contributed by atoms with Crippen molar-refractivity contribution >= 4 is 17.7 Å². The van der Waals surface area contributed by atoms with E-state index in [9.17, 15) is 9.59 Å². The number of benzene rings is 1. The Labute approximate surface area is 115 Å². The number of aryl methyl sites for hydroxylation is 2. The van der Waals surface area contributed by atoms with Crippen molar-refractivity contribution in [3.8, 4) is 0 Å². The second-order valence-electron chi connectivity index (χ2n) is 4.42. The predicted octanol–water partition coefficient (Wildman–Crippen LogP) is 2.04. The van der Waals surface area contributed by atoms with Gasteiger partial charge in [-0.15, -0.1) is 0 Å². The van der Waals surface area contributed by atoms with Crippen molar-refractivity contribution in [2.24, 2.45) is 0 Å². The van der Waals surface area contributed by atoms with Crippen LogP contribution in [0.4, 0.5) is 5.82 Å². The van der Waals surface area contributed by atoms with Gasteiger partial charge in [-0.1, -0.05) is 17.2 Å². The van der Waals surface area contributed by atoms with Crippen molar-refractivity contribution in [2.75, 3.05) is 5.32 Å². The third-order valence-electron chi connectivity index (χ3n) is 2.60. The minimum absolute atomic E-state index is 0.172. The minimum Gasteiger partial charge on any atom is -0.476 e. The molecular formula is C14H13N3O3. The summed E-state index contributed by atoms with van der Waals surface area (Å²) in [5, 5.41) is 11.3. The van der Waals surface area contributed by atoms with Gasteiger partial charge in [-0.2, -0.15) is 0 Å². The van der Waals surface area contributed by atoms with Gasteiger partial charge in [0, 0.05) is 5.56 Å². The van der Waals surface area contributed by atoms with Crippen LogP contribution in [0.3, 0.4) is 0 Å². The Kier molecular flexibility index (Phi) is 3.74. The van der Waals surface area contributed by atoms with Gasteiger partial charge in [0.05, 0.1) is 12.4 Å². The van der Waals surface area contributed by atoms with E-state index in [1.807, 2.05) is 19.9 Å². The van der Waals surface area contributed by atoms with Gasteiger partial charge < -0.3 is 10.4 Å². The third kappa shape index (κ3) is 3.17. The second-order valence-corrected chi connectivity index (χ2v) is 4.42. The number of hydrogen-bond donors (Lipinski definition) is 2. The van der Waals surface area contributed by atoms with Crippen molar-refractivity contribution in [1.82, 2.24) is 9.97 Å². The Hall–Kier alpha value is -2.76. The molecule has 2 rings (SSSR count). The Balaban J connectivity index is 2.16. The molecule has 1 heterocycles. The number of carbonyl (C=O) groups is 2. The van der Waals surface area contributed by atoms with Crippen molar-refractivity contribution < 1.29 is 14.7 Å². The van der Waals surface area contributed by atoms with Crippen LogP contribution in [0, 0.1) is 13.8 Å². The molecule has 102 valence electrons. The molecule has 0 aliphatic carbocycles. The van der Waals surface area contributed by atoms with Crippen LogP contribution in [0.5, 0.6) is 0 Å². The van der Waals surface area contributed by atoms with Gasteiger partial charge in [0.25, 0.3) is 5.91 Å². The summed E-state index contributed by atoms with van der Waals surface area (Å²) in [4.78, 5) is 30.2. The van der Waals surface area contributed by atoms with Crippen LogP contribution in [-0.4, -0.2) is 27.0 Å². The molecule has 1 aromatic carbocycles. The highest BCUT2D eigenvalue weighted by Crippen LogP contribution is 2.11. The Bertz CT molecular complexity index is 646. The van der Waals surface area contributed by atoms with Gasteiger partial charge >= 0.3 is 5.97 Å². The number of anilines is 1. The number of rotatable bonds is 3. The quantitative estimate of drug-likeness (QED) is 0.891. The van der Waals surface area contributed by atoms with Crippen molar-refractivity contribution in [3.63, 3.8) is 0 Å². The first-order valence-corrected chi connectivity index (χ1v) is 5.90. The molecule has 6 heteroatoms. The molecule has 0 atom stereocenters. The number of aromatic carboxylic acids is 1. The number of carboxylic acid groups (broad SMARTS) is 1. The first-order valence-electron chi connectivity index (χ1n) is 5.90. The molecule has 0 unspecified atom stereocenters. The van der Waals surface area contributed by atoms with E-state index in [1.54, 1.807) is 12.1 Å². The standard InChI is InChI=1S/C14H13N3O3/c1-8-3-9(2)5-10(4-8)13(18)17-12-7-15-11(6-16-12)14(19)20/h3-7H,1-2H3,(H,19,20)(H,16,17,18). The monoisotopic (exact) mass is 271 g/mol. The molecule has 2 N–H and O–H groups in total. The molecule has 0 radical (unpaired) electrons. The number of nitrogens with one attached hydrogen (secondary N) is 1. The van der Waals surface area contributed by atoms with E-state index < -0.39 is 5.97 Å². The minimum atomic E-state index is -1.16. The maximum absolute atomic E-state index is 12.0. The molecule has 0 bridgehead atoms. The third-order valence-corrected chi connectivity index (χ3v) is 2.60. The molecule has 0 aliphatic rings. The summed E-state index contributed by atoms with van der Waals surface area (Å²) >= 11 is 0. The number of carbonyl (C=O) groups excluding carboxylic acids is 1. The SMILES string of the molecule is Cc1cc(C)cc(C(=O)Nc2cnc(C(=O)O)cn2)c1. The molecule has 1 amide bonds. The average molecular weight is 271 g/mol. The Morgan fingerprint density at radius 3 is 2.20 bits per heavy atom. The molecule has 2 aromatic rings. The Morgan fingerprint density at radius 2 is 1.70 bits per heavy atom. The lowest BCUT2D eigenvalue weighted by atomic mass is 10.1. The lowest BCUT2D eigenvalue weighted by Gasteiger charge is -2.06. The van der Waals surface area contributed by atoms with Crippen LogP contribution >= 0.6 is 0 Å². The van der Waals surface area contributed by atoms with Crippen LogP contribution in [0.1, 0.15) is 32.0 Å². The van der Waals surface area contributed by atoms with Crippen molar-refractivity contribution in [2.45, 2.75) is 13.8 Å². The fourth-order valence-electron chi connectivity index (χ4n) is 1.80. The van der Waals surface area contributed by atoms with Crippen molar-refractivity contribution in [3.05, 3.63) is 53.0 Å². The lowest BCUT2D eigenvalue weighted by molar-refractivity contribution is 0.0690. The topological polar surface area (TPSA) is 92.2 Å². The molecular weight excluding hydrogens is 258 g/mol. The van der Waals surface area contributed by atoms with Crippen LogP contribution in [-0.2, 0) is 0 Å². The van der Waals surface area contributed by atoms with E-state index in [0.29, 0.717) is 5.56 Å². The maximum Gasteiger partial charge on any atom is 0.356 e. The smallest absolute Gasteiger partial charge is 0.356 e. The highest BCUT2D eigenvalue weighted by atomic mass is 16.4. The van der Waals surface area contributed by atoms with Crippen LogP contribution < -0.4 is 5.32 Å². The van der Waals surface area contributed by atoms with Crippen LogP contribution in [0.25, 0.3) is 0 Å². The summed E-state index contributed by atoms with van der Waals surface area (Å²) in [5.41, 5.74) is 2.32. The molecule has 0 spiro atoms. The van der Waals surface area contributed by atoms with Gasteiger partial charge in [0.1, 0.15) is 0 Å². The highest BCUT2D eigenvalue weighted by molar-refractivity contribution is 6.04. The Morgan fingerprint density at radius 1 is 1.05 bits per heavy atom. The highest BCUT2D eigenvalue weighted by Gasteiger charge is 2.10. The maximum atomic E-state index is 12.0. The number of aromatic nitrogens is 2. The summed E-state index contributed by atoms with van der Waals surface area (Å²) in [6, 6.07) is 5.50. The second kappa shape index (κ2) is 5.48. The molecule has 0 saturated carbocycles. The van der Waals surface area contributed by atoms with Crippen LogP contribution in [0.2, 0.25) is 0 Å². The summed E-state index contributed by atoms with van der Waals surface area (Å²) in [7, 11) is 0. The molecule has 20 heavy (non-hydrogen) atoms. The van der Waals surface area contributed by atoms with Gasteiger partial charge in [-0.05, 0) is 26.0 Å². The van der Waals surface area contributed by atoms with E-state index in [-0.39, 0.29) is 17.4 Å². The van der Waals surface area contributed by atoms with E-state index >= 15 is 0 Å². The zero-order valence-corrected chi connectivity index (χ0v) is 11.0. The van der Waals surface area contributed by atoms with Gasteiger partial charge in [-0.3, -0.25) is 4.79 Å². The first kappa shape index (κ1) is 13.7. The van der Waals surface area contributed by atoms with Crippen molar-refractivity contribution in [1.29, 1.82) is 0 Å². The number of hydrogen-bond acceptors (Lipinski definition) is 4. The van der Waals surface area contributed by atoms with Gasteiger partial charge in [0.2, 0.25) is 0 Å². The summed E-state index contributed by atoms with van der Waals surface area (Å²) in [5.74, 6) is -1.27. The molecule has 0 aliphatic heterocycles. The number of amides is 1. The van der Waals surface area contributed by atoms with E-state index in [4.69, 9.17) is 5.11 Å². The average Bonchev–Trinajstić information content (AvgIpc) is 2.38. The molecule has 0 saturated heterocycles. The normalized spacial score (nSPS) is 10.1. The van der Waals surface area contributed by atoms with E-state index in [1.165, 1.54) is 6.20 Å². The van der Waals surface area contributed by atoms with Gasteiger partial charge in [0.15, 0.2) is 11.5 Å². The lowest BCUT2D eigenvalue weighted by Crippen LogP contribution is -2.14. The molecule has 6 nitrogen and oxygen atoms in total. The largest absolute Gasteiger partial charge is 0.476 e. The summed E-state index contributed by atoms with van der Waals surface area (Å²) < 4.78 is 0. The number of carboxylic acids is 1. The molecule has 1 aromatic heterocycles. The van der Waals surface area contributed by atoms with E-state index in [0.717, 1.165) is 17.3 Å².